The second-order valence-corrected chi connectivity index (χ2v) is 18.2. The number of benzene rings is 10. The lowest BCUT2D eigenvalue weighted by Crippen LogP contribution is -2.30. The molecule has 0 atom stereocenters. The van der Waals surface area contributed by atoms with Crippen LogP contribution in [0, 0.1) is 0 Å². The first-order chi connectivity index (χ1) is 33.0. The Kier molecular flexibility index (Phi) is 8.84. The van der Waals surface area contributed by atoms with Crippen molar-refractivity contribution < 1.29 is 0 Å². The molecule has 3 heterocycles. The van der Waals surface area contributed by atoms with Gasteiger partial charge in [-0.3, -0.25) is 0 Å². The van der Waals surface area contributed by atoms with E-state index >= 15 is 0 Å². The van der Waals surface area contributed by atoms with Gasteiger partial charge in [0.15, 0.2) is 5.82 Å². The third kappa shape index (κ3) is 6.21. The van der Waals surface area contributed by atoms with Crippen LogP contribution in [0.4, 0.5) is 17.1 Å². The summed E-state index contributed by atoms with van der Waals surface area (Å²) in [4.78, 5) is 13.0. The maximum Gasteiger partial charge on any atom is 0.160 e. The Labute approximate surface area is 389 Å². The van der Waals surface area contributed by atoms with Gasteiger partial charge in [0.25, 0.3) is 0 Å². The molecule has 0 saturated carbocycles. The van der Waals surface area contributed by atoms with Gasteiger partial charge in [-0.15, -0.1) is 0 Å². The SMILES string of the molecule is CC1(C)c2ccccc2N(c2ccccc2)c2cc(-c3cccc4c3c3c5ccccc5ccc3n4-c3cccc(-c4nc(-c5ccc(-c6ccccc6)cc5)c5ccccc5n4)c3)ccc21. The van der Waals surface area contributed by atoms with Crippen LogP contribution >= 0.6 is 0 Å². The second-order valence-electron chi connectivity index (χ2n) is 18.2. The number of hydrogen-bond donors (Lipinski definition) is 0. The molecule has 0 saturated heterocycles. The van der Waals surface area contributed by atoms with Crippen LogP contribution in [0.5, 0.6) is 0 Å². The summed E-state index contributed by atoms with van der Waals surface area (Å²) in [5.41, 5.74) is 17.9. The smallest absolute Gasteiger partial charge is 0.160 e. The first-order valence-corrected chi connectivity index (χ1v) is 23.1. The molecule has 12 aromatic rings. The van der Waals surface area contributed by atoms with E-state index in [1.165, 1.54) is 66.3 Å². The number of para-hydroxylation sites is 3. The van der Waals surface area contributed by atoms with Gasteiger partial charge in [0.1, 0.15) is 0 Å². The molecule has 316 valence electrons. The Morgan fingerprint density at radius 3 is 1.87 bits per heavy atom. The fourth-order valence-electron chi connectivity index (χ4n) is 10.7. The minimum Gasteiger partial charge on any atom is -0.310 e. The Bertz CT molecular complexity index is 3890. The quantitative estimate of drug-likeness (QED) is 0.167. The molecule has 0 aliphatic carbocycles. The number of hydrogen-bond acceptors (Lipinski definition) is 3. The van der Waals surface area contributed by atoms with E-state index in [0.29, 0.717) is 5.82 Å². The lowest BCUT2D eigenvalue weighted by Gasteiger charge is -2.42. The van der Waals surface area contributed by atoms with Gasteiger partial charge in [0.2, 0.25) is 0 Å². The van der Waals surface area contributed by atoms with Gasteiger partial charge in [-0.1, -0.05) is 190 Å². The molecule has 13 rings (SSSR count). The molecule has 2 aromatic heterocycles. The van der Waals surface area contributed by atoms with Crippen molar-refractivity contribution in [1.82, 2.24) is 14.5 Å². The third-order valence-electron chi connectivity index (χ3n) is 14.0. The highest BCUT2D eigenvalue weighted by Crippen LogP contribution is 2.53. The molecule has 1 aliphatic heterocycles. The molecule has 0 amide bonds. The zero-order chi connectivity index (χ0) is 44.6. The lowest BCUT2D eigenvalue weighted by molar-refractivity contribution is 0.632. The maximum absolute atomic E-state index is 5.35. The predicted octanol–water partition coefficient (Wildman–Crippen LogP) is 16.7. The molecule has 0 N–H and O–H groups in total. The van der Waals surface area contributed by atoms with E-state index in [1.807, 2.05) is 0 Å². The monoisotopic (exact) mass is 856 g/mol. The third-order valence-corrected chi connectivity index (χ3v) is 14.0. The minimum absolute atomic E-state index is 0.193. The average molecular weight is 857 g/mol. The number of anilines is 3. The largest absolute Gasteiger partial charge is 0.310 e. The summed E-state index contributed by atoms with van der Waals surface area (Å²) >= 11 is 0. The molecule has 10 aromatic carbocycles. The van der Waals surface area contributed by atoms with Crippen molar-refractivity contribution in [2.45, 2.75) is 19.3 Å². The van der Waals surface area contributed by atoms with Crippen LogP contribution in [0.1, 0.15) is 25.0 Å². The Hall–Kier alpha value is -8.60. The predicted molar refractivity (Wildman–Crippen MR) is 280 cm³/mol. The van der Waals surface area contributed by atoms with Crippen LogP contribution in [-0.4, -0.2) is 14.5 Å². The molecular weight excluding hydrogens is 813 g/mol. The summed E-state index contributed by atoms with van der Waals surface area (Å²) in [5.74, 6) is 0.691. The lowest BCUT2D eigenvalue weighted by atomic mass is 9.73. The van der Waals surface area contributed by atoms with Crippen LogP contribution in [0.3, 0.4) is 0 Å². The van der Waals surface area contributed by atoms with Gasteiger partial charge in [0, 0.05) is 44.1 Å². The Balaban J connectivity index is 0.997. The molecule has 67 heavy (non-hydrogen) atoms. The fourth-order valence-corrected chi connectivity index (χ4v) is 10.7. The van der Waals surface area contributed by atoms with E-state index in [-0.39, 0.29) is 5.41 Å². The number of fused-ring (bicyclic) bond motifs is 8. The highest BCUT2D eigenvalue weighted by molar-refractivity contribution is 6.25. The van der Waals surface area contributed by atoms with Gasteiger partial charge >= 0.3 is 0 Å². The van der Waals surface area contributed by atoms with Crippen molar-refractivity contribution in [3.8, 4) is 50.6 Å². The summed E-state index contributed by atoms with van der Waals surface area (Å²) in [6.07, 6.45) is 0. The van der Waals surface area contributed by atoms with Crippen molar-refractivity contribution in [2.24, 2.45) is 0 Å². The zero-order valence-corrected chi connectivity index (χ0v) is 37.2. The molecule has 0 bridgehead atoms. The first-order valence-electron chi connectivity index (χ1n) is 23.1. The molecule has 0 unspecified atom stereocenters. The normalized spacial score (nSPS) is 13.0. The van der Waals surface area contributed by atoms with Crippen molar-refractivity contribution in [2.75, 3.05) is 4.90 Å². The second kappa shape index (κ2) is 15.3. The highest BCUT2D eigenvalue weighted by atomic mass is 15.2. The van der Waals surface area contributed by atoms with E-state index in [1.54, 1.807) is 0 Å². The first kappa shape index (κ1) is 38.8. The fraction of sp³-hybridized carbons (Fsp3) is 0.0476. The van der Waals surface area contributed by atoms with Crippen LogP contribution in [0.25, 0.3) is 94.1 Å². The summed E-state index contributed by atoms with van der Waals surface area (Å²) in [7, 11) is 0. The summed E-state index contributed by atoms with van der Waals surface area (Å²) in [5, 5.41) is 5.93. The van der Waals surface area contributed by atoms with E-state index in [2.05, 4.69) is 254 Å². The highest BCUT2D eigenvalue weighted by Gasteiger charge is 2.37. The van der Waals surface area contributed by atoms with Crippen LogP contribution in [0.2, 0.25) is 0 Å². The molecule has 0 radical (unpaired) electrons. The molecule has 4 heteroatoms. The van der Waals surface area contributed by atoms with Gasteiger partial charge in [-0.05, 0) is 98.8 Å². The van der Waals surface area contributed by atoms with Crippen molar-refractivity contribution >= 4 is 60.5 Å². The van der Waals surface area contributed by atoms with Crippen LogP contribution < -0.4 is 4.90 Å². The molecule has 0 spiro atoms. The molecule has 1 aliphatic rings. The maximum atomic E-state index is 5.35. The van der Waals surface area contributed by atoms with Gasteiger partial charge in [-0.2, -0.15) is 0 Å². The van der Waals surface area contributed by atoms with Crippen molar-refractivity contribution in [1.29, 1.82) is 0 Å². The van der Waals surface area contributed by atoms with E-state index in [0.717, 1.165) is 50.1 Å². The van der Waals surface area contributed by atoms with Crippen LogP contribution in [0.15, 0.2) is 231 Å². The Morgan fingerprint density at radius 1 is 0.388 bits per heavy atom. The summed E-state index contributed by atoms with van der Waals surface area (Å²) in [6.45, 7) is 4.71. The average Bonchev–Trinajstić information content (AvgIpc) is 3.74. The van der Waals surface area contributed by atoms with Crippen molar-refractivity contribution in [3.05, 3.63) is 242 Å². The van der Waals surface area contributed by atoms with Crippen molar-refractivity contribution in [3.63, 3.8) is 0 Å². The van der Waals surface area contributed by atoms with Gasteiger partial charge < -0.3 is 9.47 Å². The molecule has 4 nitrogen and oxygen atoms in total. The number of aromatic nitrogens is 3. The van der Waals surface area contributed by atoms with E-state index in [9.17, 15) is 0 Å². The van der Waals surface area contributed by atoms with Gasteiger partial charge in [-0.25, -0.2) is 9.97 Å². The molecule has 0 fully saturated rings. The Morgan fingerprint density at radius 2 is 1.01 bits per heavy atom. The minimum atomic E-state index is -0.193. The summed E-state index contributed by atoms with van der Waals surface area (Å²) < 4.78 is 2.43. The van der Waals surface area contributed by atoms with Crippen LogP contribution in [-0.2, 0) is 5.41 Å². The molecular formula is C63H44N4. The number of nitrogens with zero attached hydrogens (tertiary/aromatic N) is 4. The topological polar surface area (TPSA) is 34.0 Å². The zero-order valence-electron chi connectivity index (χ0n) is 37.2. The van der Waals surface area contributed by atoms with Gasteiger partial charge in [0.05, 0.1) is 33.6 Å². The summed E-state index contributed by atoms with van der Waals surface area (Å²) in [6, 6.07) is 83.2. The standard InChI is InChI=1S/C63H44N4/c1-63(2)52-27-12-14-29-55(52)66(47-21-7-4-8-22-47)58-40-45(35-37-53(58)63)50-26-16-30-56-60(50)59-49-24-10-9-19-43(49)36-38-57(59)67(56)48-23-15-20-46(39-48)62-64-54-28-13-11-25-51(54)61(65-62)44-33-31-42(32-34-44)41-17-5-3-6-18-41/h3-40H,1-2H3. The van der Waals surface area contributed by atoms with E-state index < -0.39 is 0 Å². The number of rotatable bonds is 6. The van der Waals surface area contributed by atoms with E-state index in [4.69, 9.17) is 9.97 Å².